The van der Waals surface area contributed by atoms with Gasteiger partial charge >= 0.3 is 49.1 Å². The van der Waals surface area contributed by atoms with Gasteiger partial charge < -0.3 is 50.4 Å². The van der Waals surface area contributed by atoms with Gasteiger partial charge in [0.1, 0.15) is 30.0 Å². The Hall–Kier alpha value is -5.69. The van der Waals surface area contributed by atoms with Crippen molar-refractivity contribution < 1.29 is 53.1 Å². The van der Waals surface area contributed by atoms with Gasteiger partial charge in [0.2, 0.25) is 6.08 Å². The molecule has 0 saturated heterocycles. The molecular weight excluding hydrogens is 2110 g/mol. The fourth-order valence-electron chi connectivity index (χ4n) is 14.7. The first kappa shape index (κ1) is 117. The molecule has 39 heteroatoms. The van der Waals surface area contributed by atoms with Crippen LogP contribution in [0.3, 0.4) is 0 Å². The molecular formula is C98H136BBr2N12O11S13. The molecule has 12 rings (SSSR count). The fourth-order valence-corrected chi connectivity index (χ4v) is 28.7. The van der Waals surface area contributed by atoms with E-state index in [1.54, 1.807) is 142 Å². The van der Waals surface area contributed by atoms with Crippen molar-refractivity contribution in [2.45, 2.75) is 298 Å². The van der Waals surface area contributed by atoms with Crippen LogP contribution in [0.15, 0.2) is 74.8 Å². The van der Waals surface area contributed by atoms with Crippen LogP contribution in [0.2, 0.25) is 0 Å². The van der Waals surface area contributed by atoms with E-state index in [2.05, 4.69) is 165 Å². The van der Waals surface area contributed by atoms with Crippen LogP contribution in [0.5, 0.6) is 0 Å². The van der Waals surface area contributed by atoms with E-state index in [4.69, 9.17) is 48.9 Å². The van der Waals surface area contributed by atoms with E-state index in [9.17, 15) is 34.2 Å². The average Bonchev–Trinajstić information content (AvgIpc) is 1.69. The van der Waals surface area contributed by atoms with Crippen LogP contribution in [0.4, 0.5) is 19.2 Å². The Kier molecular flexibility index (Phi) is 60.3. The van der Waals surface area contributed by atoms with E-state index < -0.39 is 0 Å². The molecule has 12 aromatic heterocycles. The molecule has 0 atom stereocenters. The second-order valence-electron chi connectivity index (χ2n) is 32.7. The number of aliphatic imine (C=N–C) groups is 1. The van der Waals surface area contributed by atoms with Crippen molar-refractivity contribution >= 4 is 248 Å². The van der Waals surface area contributed by atoms with Gasteiger partial charge in [0.25, 0.3) is 0 Å². The number of aromatic nitrogens is 6. The van der Waals surface area contributed by atoms with Gasteiger partial charge in [-0.25, -0.2) is 58.9 Å². The minimum atomic E-state index is -0.355. The molecule has 0 aromatic carbocycles. The summed E-state index contributed by atoms with van der Waals surface area (Å²) < 4.78 is 26.6. The van der Waals surface area contributed by atoms with E-state index in [1.807, 2.05) is 10.8 Å². The number of thiol groups is 1. The number of halogens is 2. The predicted molar refractivity (Wildman–Crippen MR) is 595 cm³/mol. The summed E-state index contributed by atoms with van der Waals surface area (Å²) in [6.07, 6.45) is 46.9. The molecule has 23 nitrogen and oxygen atoms in total. The van der Waals surface area contributed by atoms with Crippen LogP contribution in [-0.4, -0.2) is 151 Å². The number of hydrogen-bond donors (Lipinski definition) is 7. The maximum atomic E-state index is 12.2. The van der Waals surface area contributed by atoms with Crippen molar-refractivity contribution in [3.05, 3.63) is 98.9 Å². The Morgan fingerprint density at radius 2 is 0.562 bits per heavy atom. The number of rotatable bonds is 62. The molecule has 0 aliphatic rings. The summed E-state index contributed by atoms with van der Waals surface area (Å²) in [4.78, 5) is 103. The van der Waals surface area contributed by atoms with Crippen LogP contribution in [0.1, 0.15) is 293 Å². The summed E-state index contributed by atoms with van der Waals surface area (Å²) >= 11 is 29.9. The van der Waals surface area contributed by atoms with E-state index >= 15 is 0 Å². The van der Waals surface area contributed by atoms with Crippen LogP contribution < -0.4 is 21.3 Å². The SMILES string of the molecule is CCCCCCCCCN=C=O.CCCCCCCCCNC(=O)OCCc1cc(Br)sc1-c1nc2sc(-c3sc(Br)cc3CCOC(=O)NCCCCCCCCC)nc2s1.CCCCCCCCCNC(=O)OCCc1ccsc1-c1nc2sc(-c3sccc3CCOC(=O)NCCCCCCCCC)nc2s1.OCCc1ccsc1-c1nc2sc(-c3sccc3CCO)nc2s1.[B]=NS. The third-order valence-corrected chi connectivity index (χ3v) is 36.1. The normalized spacial score (nSPS) is 11.0. The third kappa shape index (κ3) is 43.8. The molecule has 0 fully saturated rings. The number of fused-ring (bicyclic) bond motifs is 3. The first-order valence-corrected chi connectivity index (χ1v) is 60.7. The first-order chi connectivity index (χ1) is 67.1. The standard InChI is InChI=1S/C36H50Br2N4O4S4.C36H52N4O4S4.C16H14N2O2S4.C10H19NO.BHNS/c1-3-5-7-9-11-13-15-19-39-35(43)45-21-17-25-23-27(37)47-29(25)31-41-33-34(49-31)42-32(50-33)30-26(24-28(38)48-30)18-22-46-36(44)40-20-16-14-12-10-8-6-4-2;1-3-5-7-9-11-13-15-21-37-35(41)43-23-17-27-19-25-45-29(27)31-39-33-34(47-31)40-32(48-33)30-28(20-26-46-30)18-24-44-36(42)38-22-16-14-12-10-8-6-4-2;19-5-1-9-3-7-21-11(9)13-17-15-16(23-13)18-14(24-15)12-10(2-6-20)4-8-22-12;1-2-3-4-5-6-7-8-9-11-10-12;1-2-3/h23-24H,3-22H2,1-2H3,(H,39,43)(H,40,44);19-20,25-26H,3-18,21-24H2,1-2H3,(H,37,41)(H,38,42);3-4,7-8,19-20H,1-2,5-6H2;2-9H2,1H3;3H. The molecule has 4 amide bonds. The molecule has 0 bridgehead atoms. The van der Waals surface area contributed by atoms with Gasteiger partial charge in [0, 0.05) is 65.1 Å². The molecule has 0 aliphatic heterocycles. The summed E-state index contributed by atoms with van der Waals surface area (Å²) in [5.41, 5.74) is 6.75. The summed E-state index contributed by atoms with van der Waals surface area (Å²) in [6.45, 7) is 16.0. The Bertz CT molecular complexity index is 5020. The number of isocyanates is 1. The van der Waals surface area contributed by atoms with Gasteiger partial charge in [0.15, 0.2) is 29.0 Å². The molecule has 0 saturated carbocycles. The number of amides is 4. The second-order valence-corrected chi connectivity index (χ2v) is 47.4. The zero-order valence-electron chi connectivity index (χ0n) is 79.9. The number of thiophene rings is 6. The predicted octanol–water partition coefficient (Wildman–Crippen LogP) is 31.6. The number of unbranched alkanes of at least 4 members (excludes halogenated alkanes) is 30. The molecule has 0 unspecified atom stereocenters. The van der Waals surface area contributed by atoms with Crippen LogP contribution in [0, 0.1) is 0 Å². The first-order valence-electron chi connectivity index (χ1n) is 48.7. The van der Waals surface area contributed by atoms with Crippen LogP contribution in [-0.2, 0) is 62.3 Å². The van der Waals surface area contributed by atoms with Crippen LogP contribution in [0.25, 0.3) is 88.3 Å². The number of thiazole rings is 6. The second kappa shape index (κ2) is 70.9. The molecule has 0 aliphatic carbocycles. The number of aliphatic hydroxyl groups is 2. The topological polar surface area (TPSA) is 313 Å². The van der Waals surface area contributed by atoms with Crippen molar-refractivity contribution in [1.29, 1.82) is 0 Å². The van der Waals surface area contributed by atoms with Crippen molar-refractivity contribution in [3.63, 3.8) is 0 Å². The fraction of sp³-hybridized carbons (Fsp3) is 0.582. The number of nitrogens with one attached hydrogen (secondary N) is 4. The van der Waals surface area contributed by atoms with E-state index in [-0.39, 0.29) is 37.6 Å². The third-order valence-electron chi connectivity index (χ3n) is 22.0. The van der Waals surface area contributed by atoms with Gasteiger partial charge in [-0.05, 0) is 168 Å². The number of nitrogens with zero attached hydrogens (tertiary/aromatic N) is 8. The molecule has 12 heterocycles. The van der Waals surface area contributed by atoms with Gasteiger partial charge in [-0.3, -0.25) is 0 Å². The number of ether oxygens (including phenoxy) is 4. The number of carbonyl (C=O) groups excluding carboxylic acids is 5. The number of carbonyl (C=O) groups is 4. The molecule has 12 aromatic rings. The van der Waals surface area contributed by atoms with Crippen molar-refractivity contribution in [3.8, 4) is 59.3 Å². The Balaban J connectivity index is 0.000000244. The summed E-state index contributed by atoms with van der Waals surface area (Å²) in [6, 6.07) is 12.5. The van der Waals surface area contributed by atoms with E-state index in [1.165, 1.54) is 167 Å². The minimum absolute atomic E-state index is 0.151. The average molecular weight is 2250 g/mol. The number of aliphatic hydroxyl groups excluding tert-OH is 2. The van der Waals surface area contributed by atoms with Crippen molar-refractivity contribution in [2.75, 3.05) is 72.4 Å². The molecule has 1 radical (unpaired) electrons. The Labute approximate surface area is 881 Å². The van der Waals surface area contributed by atoms with Crippen molar-refractivity contribution in [1.82, 2.24) is 51.2 Å². The Morgan fingerprint density at radius 1 is 0.343 bits per heavy atom. The van der Waals surface area contributed by atoms with Gasteiger partial charge in [-0.2, -0.15) is 0 Å². The monoisotopic (exact) mass is 2240 g/mol. The van der Waals surface area contributed by atoms with Gasteiger partial charge in [0.05, 0.1) is 69.8 Å². The Morgan fingerprint density at radius 3 is 0.803 bits per heavy atom. The zero-order valence-corrected chi connectivity index (χ0v) is 93.7. The van der Waals surface area contributed by atoms with E-state index in [0.717, 1.165) is 187 Å². The van der Waals surface area contributed by atoms with Gasteiger partial charge in [-0.1, -0.05) is 295 Å². The summed E-state index contributed by atoms with van der Waals surface area (Å²) in [5, 5.41) is 43.8. The summed E-state index contributed by atoms with van der Waals surface area (Å²) in [7, 11) is 4.34. The molecule has 0 spiro atoms. The van der Waals surface area contributed by atoms with Gasteiger partial charge in [-0.15, -0.1) is 68.0 Å². The number of hydrogen-bond acceptors (Lipinski definition) is 32. The molecule has 137 heavy (non-hydrogen) atoms. The molecule has 749 valence electrons. The maximum absolute atomic E-state index is 12.2. The van der Waals surface area contributed by atoms with Crippen molar-refractivity contribution in [2.24, 2.45) is 9.29 Å². The quantitative estimate of drug-likeness (QED) is 0.00465. The zero-order chi connectivity index (χ0) is 97.7. The van der Waals surface area contributed by atoms with Crippen LogP contribution >= 0.6 is 181 Å². The summed E-state index contributed by atoms with van der Waals surface area (Å²) in [5.74, 6) is 0. The number of alkyl carbamates (subject to hydrolysis) is 4. The molecule has 6 N–H and O–H groups in total. The van der Waals surface area contributed by atoms with E-state index in [0.29, 0.717) is 97.7 Å².